The van der Waals surface area contributed by atoms with E-state index in [2.05, 4.69) is 12.2 Å². The van der Waals surface area contributed by atoms with Crippen LogP contribution in [-0.2, 0) is 9.59 Å². The molecular formula is C13H25NO5. The minimum atomic E-state index is -1.26. The molecule has 0 rings (SSSR count). The number of nitrogens with one attached hydrogen (secondary N) is 1. The van der Waals surface area contributed by atoms with Crippen molar-refractivity contribution in [2.45, 2.75) is 51.7 Å². The maximum Gasteiger partial charge on any atom is 0.328 e. The first-order valence-corrected chi connectivity index (χ1v) is 6.12. The summed E-state index contributed by atoms with van der Waals surface area (Å²) < 4.78 is 0. The normalized spacial score (nSPS) is 12.7. The van der Waals surface area contributed by atoms with Crippen LogP contribution in [0.25, 0.3) is 0 Å². The van der Waals surface area contributed by atoms with Crippen molar-refractivity contribution in [1.29, 1.82) is 0 Å². The van der Waals surface area contributed by atoms with E-state index < -0.39 is 17.5 Å². The smallest absolute Gasteiger partial charge is 0.328 e. The van der Waals surface area contributed by atoms with Gasteiger partial charge in [-0.25, -0.2) is 9.59 Å². The molecule has 6 nitrogen and oxygen atoms in total. The molecule has 0 aromatic carbocycles. The number of aliphatic hydroxyl groups is 1. The van der Waals surface area contributed by atoms with Gasteiger partial charge in [-0.3, -0.25) is 0 Å². The molecule has 0 saturated heterocycles. The fraction of sp³-hybridized carbons (Fsp3) is 0.692. The van der Waals surface area contributed by atoms with Gasteiger partial charge in [-0.05, 0) is 47.1 Å². The maximum absolute atomic E-state index is 9.55. The summed E-state index contributed by atoms with van der Waals surface area (Å²) in [7, 11) is 1.97. The molecule has 0 amide bonds. The highest BCUT2D eigenvalue weighted by Gasteiger charge is 2.11. The third kappa shape index (κ3) is 22.3. The molecule has 0 bridgehead atoms. The Kier molecular flexibility index (Phi) is 11.0. The Morgan fingerprint density at radius 3 is 1.89 bits per heavy atom. The molecule has 112 valence electrons. The number of rotatable bonds is 7. The van der Waals surface area contributed by atoms with E-state index in [-0.39, 0.29) is 0 Å². The molecule has 0 radical (unpaired) electrons. The predicted molar refractivity (Wildman–Crippen MR) is 73.1 cm³/mol. The van der Waals surface area contributed by atoms with Crippen molar-refractivity contribution >= 4 is 11.9 Å². The van der Waals surface area contributed by atoms with Crippen LogP contribution in [-0.4, -0.2) is 45.9 Å². The van der Waals surface area contributed by atoms with Crippen LogP contribution in [0, 0.1) is 0 Å². The van der Waals surface area contributed by atoms with Gasteiger partial charge >= 0.3 is 11.9 Å². The van der Waals surface area contributed by atoms with Crippen molar-refractivity contribution < 1.29 is 24.9 Å². The Morgan fingerprint density at radius 1 is 1.21 bits per heavy atom. The summed E-state index contributed by atoms with van der Waals surface area (Å²) in [5.74, 6) is -2.51. The van der Waals surface area contributed by atoms with Gasteiger partial charge in [-0.1, -0.05) is 0 Å². The summed E-state index contributed by atoms with van der Waals surface area (Å²) in [6.45, 7) is 5.87. The van der Waals surface area contributed by atoms with Crippen LogP contribution in [0.2, 0.25) is 0 Å². The zero-order valence-electron chi connectivity index (χ0n) is 12.0. The summed E-state index contributed by atoms with van der Waals surface area (Å²) in [5.41, 5.74) is -0.493. The van der Waals surface area contributed by atoms with Crippen LogP contribution in [0.5, 0.6) is 0 Å². The SMILES string of the molecule is CNC(C)CCCC(C)(C)O.O=C(O)C=CC(=O)O. The third-order valence-electron chi connectivity index (χ3n) is 2.29. The molecule has 0 aromatic heterocycles. The highest BCUT2D eigenvalue weighted by atomic mass is 16.4. The van der Waals surface area contributed by atoms with Crippen LogP contribution in [0.15, 0.2) is 12.2 Å². The Hall–Kier alpha value is -1.40. The van der Waals surface area contributed by atoms with Crippen molar-refractivity contribution in [3.63, 3.8) is 0 Å². The summed E-state index contributed by atoms with van der Waals surface area (Å²) in [6, 6.07) is 0.567. The van der Waals surface area contributed by atoms with Gasteiger partial charge in [0, 0.05) is 18.2 Å². The van der Waals surface area contributed by atoms with Gasteiger partial charge in [-0.2, -0.15) is 0 Å². The van der Waals surface area contributed by atoms with Crippen molar-refractivity contribution in [1.82, 2.24) is 5.32 Å². The lowest BCUT2D eigenvalue weighted by Gasteiger charge is -2.18. The molecule has 1 unspecified atom stereocenters. The average molecular weight is 275 g/mol. The number of aliphatic carboxylic acids is 2. The molecule has 0 spiro atoms. The number of hydrogen-bond donors (Lipinski definition) is 4. The van der Waals surface area contributed by atoms with E-state index in [9.17, 15) is 14.7 Å². The minimum Gasteiger partial charge on any atom is -0.478 e. The summed E-state index contributed by atoms with van der Waals surface area (Å²) in [5, 5.41) is 28.2. The molecule has 4 N–H and O–H groups in total. The van der Waals surface area contributed by atoms with Gasteiger partial charge in [-0.15, -0.1) is 0 Å². The second kappa shape index (κ2) is 10.5. The number of carboxylic acids is 2. The van der Waals surface area contributed by atoms with E-state index >= 15 is 0 Å². The maximum atomic E-state index is 9.55. The highest BCUT2D eigenvalue weighted by Crippen LogP contribution is 2.12. The topological polar surface area (TPSA) is 107 Å². The molecule has 0 saturated carbocycles. The fourth-order valence-electron chi connectivity index (χ4n) is 1.13. The molecule has 0 heterocycles. The number of hydrogen-bond acceptors (Lipinski definition) is 4. The van der Waals surface area contributed by atoms with Crippen molar-refractivity contribution in [2.24, 2.45) is 0 Å². The zero-order valence-corrected chi connectivity index (χ0v) is 12.0. The Morgan fingerprint density at radius 2 is 1.63 bits per heavy atom. The minimum absolute atomic E-state index is 0.493. The van der Waals surface area contributed by atoms with Gasteiger partial charge < -0.3 is 20.6 Å². The molecule has 0 aromatic rings. The van der Waals surface area contributed by atoms with E-state index in [1.54, 1.807) is 0 Å². The number of carboxylic acid groups (broad SMARTS) is 2. The largest absolute Gasteiger partial charge is 0.478 e. The lowest BCUT2D eigenvalue weighted by molar-refractivity contribution is -0.134. The number of carbonyl (C=O) groups is 2. The summed E-state index contributed by atoms with van der Waals surface area (Å²) in [4.78, 5) is 19.1. The molecule has 0 fully saturated rings. The van der Waals surface area contributed by atoms with E-state index in [1.807, 2.05) is 20.9 Å². The van der Waals surface area contributed by atoms with Crippen LogP contribution >= 0.6 is 0 Å². The predicted octanol–water partition coefficient (Wildman–Crippen LogP) is 1.25. The van der Waals surface area contributed by atoms with Crippen molar-refractivity contribution in [3.8, 4) is 0 Å². The van der Waals surface area contributed by atoms with Gasteiger partial charge in [0.15, 0.2) is 0 Å². The molecular weight excluding hydrogens is 250 g/mol. The lowest BCUT2D eigenvalue weighted by atomic mass is 10.00. The monoisotopic (exact) mass is 275 g/mol. The van der Waals surface area contributed by atoms with Crippen LogP contribution in [0.1, 0.15) is 40.0 Å². The second-order valence-corrected chi connectivity index (χ2v) is 4.90. The van der Waals surface area contributed by atoms with E-state index in [0.29, 0.717) is 18.2 Å². The lowest BCUT2D eigenvalue weighted by Crippen LogP contribution is -2.23. The standard InChI is InChI=1S/C9H21NO.C4H4O4/c1-8(10-4)6-5-7-9(2,3)11;5-3(6)1-2-4(7)8/h8,10-11H,5-7H2,1-4H3;1-2H,(H,5,6)(H,7,8). The third-order valence-corrected chi connectivity index (χ3v) is 2.29. The van der Waals surface area contributed by atoms with Crippen LogP contribution in [0.3, 0.4) is 0 Å². The van der Waals surface area contributed by atoms with E-state index in [1.165, 1.54) is 0 Å². The van der Waals surface area contributed by atoms with Gasteiger partial charge in [0.1, 0.15) is 0 Å². The van der Waals surface area contributed by atoms with E-state index in [0.717, 1.165) is 19.3 Å². The van der Waals surface area contributed by atoms with Crippen molar-refractivity contribution in [3.05, 3.63) is 12.2 Å². The van der Waals surface area contributed by atoms with Crippen LogP contribution in [0.4, 0.5) is 0 Å². The molecule has 0 aliphatic rings. The molecule has 1 atom stereocenters. The molecule has 6 heteroatoms. The van der Waals surface area contributed by atoms with Gasteiger partial charge in [0.05, 0.1) is 5.60 Å². The second-order valence-electron chi connectivity index (χ2n) is 4.90. The fourth-order valence-corrected chi connectivity index (χ4v) is 1.13. The Labute approximate surface area is 114 Å². The van der Waals surface area contributed by atoms with Gasteiger partial charge in [0.2, 0.25) is 0 Å². The van der Waals surface area contributed by atoms with Gasteiger partial charge in [0.25, 0.3) is 0 Å². The Bertz CT molecular complexity index is 278. The molecule has 0 aliphatic heterocycles. The highest BCUT2D eigenvalue weighted by molar-refractivity contribution is 5.89. The summed E-state index contributed by atoms with van der Waals surface area (Å²) >= 11 is 0. The van der Waals surface area contributed by atoms with Crippen molar-refractivity contribution in [2.75, 3.05) is 7.05 Å². The first kappa shape index (κ1) is 19.9. The quantitative estimate of drug-likeness (QED) is 0.521. The zero-order chi connectivity index (χ0) is 15.5. The average Bonchev–Trinajstić information content (AvgIpc) is 2.25. The first-order chi connectivity index (χ1) is 8.58. The summed E-state index contributed by atoms with van der Waals surface area (Å²) in [6.07, 6.45) is 4.23. The molecule has 0 aliphatic carbocycles. The van der Waals surface area contributed by atoms with E-state index in [4.69, 9.17) is 10.2 Å². The molecule has 19 heavy (non-hydrogen) atoms. The Balaban J connectivity index is 0. The van der Waals surface area contributed by atoms with Crippen LogP contribution < -0.4 is 5.32 Å². The first-order valence-electron chi connectivity index (χ1n) is 6.12.